The van der Waals surface area contributed by atoms with Crippen molar-refractivity contribution in [1.82, 2.24) is 15.1 Å². The lowest BCUT2D eigenvalue weighted by molar-refractivity contribution is -0.137. The average Bonchev–Trinajstić information content (AvgIpc) is 3.32. The molecule has 2 N–H and O–H groups in total. The van der Waals surface area contributed by atoms with Crippen molar-refractivity contribution in [2.45, 2.75) is 44.6 Å². The number of aromatic nitrogens is 2. The molecule has 1 aromatic carbocycles. The SMILES string of the molecule is CC(CCC(=O)O)NC(=O)c1cc(C2CC2)nn1-c1ccccc1. The van der Waals surface area contributed by atoms with Gasteiger partial charge in [0.1, 0.15) is 5.69 Å². The Morgan fingerprint density at radius 3 is 2.67 bits per heavy atom. The van der Waals surface area contributed by atoms with E-state index in [9.17, 15) is 9.59 Å². The molecule has 6 heteroatoms. The average molecular weight is 327 g/mol. The van der Waals surface area contributed by atoms with E-state index in [0.717, 1.165) is 24.2 Å². The second-order valence-corrected chi connectivity index (χ2v) is 6.28. The molecular formula is C18H21N3O3. The number of carbonyl (C=O) groups excluding carboxylic acids is 1. The minimum absolute atomic E-state index is 0.0344. The molecular weight excluding hydrogens is 306 g/mol. The van der Waals surface area contributed by atoms with Gasteiger partial charge in [-0.1, -0.05) is 18.2 Å². The molecule has 126 valence electrons. The maximum absolute atomic E-state index is 12.6. The van der Waals surface area contributed by atoms with Crippen LogP contribution in [0.5, 0.6) is 0 Å². The van der Waals surface area contributed by atoms with Crippen LogP contribution < -0.4 is 5.32 Å². The number of amides is 1. The maximum Gasteiger partial charge on any atom is 0.303 e. The van der Waals surface area contributed by atoms with Gasteiger partial charge in [0, 0.05) is 18.4 Å². The fourth-order valence-electron chi connectivity index (χ4n) is 2.62. The van der Waals surface area contributed by atoms with Gasteiger partial charge in [0.15, 0.2) is 0 Å². The van der Waals surface area contributed by atoms with E-state index < -0.39 is 5.97 Å². The molecule has 1 saturated carbocycles. The summed E-state index contributed by atoms with van der Waals surface area (Å²) in [7, 11) is 0. The van der Waals surface area contributed by atoms with Crippen LogP contribution in [0.25, 0.3) is 5.69 Å². The molecule has 1 aromatic heterocycles. The Morgan fingerprint density at radius 2 is 2.04 bits per heavy atom. The summed E-state index contributed by atoms with van der Waals surface area (Å²) in [6, 6.07) is 11.2. The minimum Gasteiger partial charge on any atom is -0.481 e. The van der Waals surface area contributed by atoms with Crippen LogP contribution in [0.2, 0.25) is 0 Å². The molecule has 2 aromatic rings. The van der Waals surface area contributed by atoms with E-state index in [1.165, 1.54) is 0 Å². The van der Waals surface area contributed by atoms with Crippen LogP contribution in [0, 0.1) is 0 Å². The Morgan fingerprint density at radius 1 is 1.33 bits per heavy atom. The van der Waals surface area contributed by atoms with E-state index in [-0.39, 0.29) is 18.4 Å². The maximum atomic E-state index is 12.6. The molecule has 1 aliphatic rings. The molecule has 0 radical (unpaired) electrons. The lowest BCUT2D eigenvalue weighted by atomic mass is 10.1. The van der Waals surface area contributed by atoms with Crippen LogP contribution in [0.4, 0.5) is 0 Å². The molecule has 1 aliphatic carbocycles. The Kier molecular flexibility index (Phi) is 4.64. The highest BCUT2D eigenvalue weighted by Crippen LogP contribution is 2.39. The van der Waals surface area contributed by atoms with Crippen LogP contribution in [0.1, 0.15) is 54.7 Å². The molecule has 0 saturated heterocycles. The molecule has 0 aliphatic heterocycles. The van der Waals surface area contributed by atoms with E-state index in [1.54, 1.807) is 4.68 Å². The number of hydrogen-bond donors (Lipinski definition) is 2. The lowest BCUT2D eigenvalue weighted by Crippen LogP contribution is -2.34. The molecule has 1 heterocycles. The highest BCUT2D eigenvalue weighted by molar-refractivity contribution is 5.93. The van der Waals surface area contributed by atoms with Gasteiger partial charge in [-0.3, -0.25) is 9.59 Å². The Balaban J connectivity index is 1.80. The highest BCUT2D eigenvalue weighted by Gasteiger charge is 2.29. The molecule has 3 rings (SSSR count). The van der Waals surface area contributed by atoms with E-state index in [2.05, 4.69) is 10.4 Å². The summed E-state index contributed by atoms with van der Waals surface area (Å²) in [5, 5.41) is 16.2. The van der Waals surface area contributed by atoms with E-state index in [0.29, 0.717) is 18.0 Å². The van der Waals surface area contributed by atoms with Crippen LogP contribution in [-0.2, 0) is 4.79 Å². The molecule has 0 spiro atoms. The first-order valence-corrected chi connectivity index (χ1v) is 8.22. The van der Waals surface area contributed by atoms with Crippen molar-refractivity contribution < 1.29 is 14.7 Å². The summed E-state index contributed by atoms with van der Waals surface area (Å²) in [5.41, 5.74) is 2.28. The van der Waals surface area contributed by atoms with E-state index in [4.69, 9.17) is 5.11 Å². The van der Waals surface area contributed by atoms with Gasteiger partial charge in [-0.15, -0.1) is 0 Å². The van der Waals surface area contributed by atoms with Gasteiger partial charge in [-0.25, -0.2) is 4.68 Å². The number of carboxylic acids is 1. The summed E-state index contributed by atoms with van der Waals surface area (Å²) >= 11 is 0. The Bertz CT molecular complexity index is 735. The second-order valence-electron chi connectivity index (χ2n) is 6.28. The summed E-state index contributed by atoms with van der Waals surface area (Å²) < 4.78 is 1.67. The lowest BCUT2D eigenvalue weighted by Gasteiger charge is -2.13. The number of carbonyl (C=O) groups is 2. The molecule has 1 atom stereocenters. The predicted molar refractivity (Wildman–Crippen MR) is 89.3 cm³/mol. The first-order valence-electron chi connectivity index (χ1n) is 8.22. The van der Waals surface area contributed by atoms with Crippen LogP contribution in [0.3, 0.4) is 0 Å². The van der Waals surface area contributed by atoms with Gasteiger partial charge in [-0.2, -0.15) is 5.10 Å². The first-order chi connectivity index (χ1) is 11.5. The summed E-state index contributed by atoms with van der Waals surface area (Å²) in [6.45, 7) is 1.81. The number of hydrogen-bond acceptors (Lipinski definition) is 3. The molecule has 1 fully saturated rings. The third-order valence-electron chi connectivity index (χ3n) is 4.13. The summed E-state index contributed by atoms with van der Waals surface area (Å²) in [5.74, 6) is -0.636. The first kappa shape index (κ1) is 16.2. The van der Waals surface area contributed by atoms with Crippen LogP contribution >= 0.6 is 0 Å². The number of aliphatic carboxylic acids is 1. The molecule has 1 amide bonds. The molecule has 1 unspecified atom stereocenters. The summed E-state index contributed by atoms with van der Waals surface area (Å²) in [6.07, 6.45) is 2.66. The fraction of sp³-hybridized carbons (Fsp3) is 0.389. The standard InChI is InChI=1S/C18H21N3O3/c1-12(7-10-17(22)23)19-18(24)16-11-15(13-8-9-13)20-21(16)14-5-3-2-4-6-14/h2-6,11-13H,7-10H2,1H3,(H,19,24)(H,22,23). The van der Waals surface area contributed by atoms with E-state index >= 15 is 0 Å². The zero-order valence-corrected chi connectivity index (χ0v) is 13.6. The minimum atomic E-state index is -0.860. The molecule has 0 bridgehead atoms. The number of carboxylic acid groups (broad SMARTS) is 1. The van der Waals surface area contributed by atoms with Crippen molar-refractivity contribution >= 4 is 11.9 Å². The van der Waals surface area contributed by atoms with Crippen molar-refractivity contribution in [1.29, 1.82) is 0 Å². The second kappa shape index (κ2) is 6.86. The topological polar surface area (TPSA) is 84.2 Å². The monoisotopic (exact) mass is 327 g/mol. The quantitative estimate of drug-likeness (QED) is 0.819. The highest BCUT2D eigenvalue weighted by atomic mass is 16.4. The van der Waals surface area contributed by atoms with Gasteiger partial charge < -0.3 is 10.4 Å². The zero-order chi connectivity index (χ0) is 17.1. The largest absolute Gasteiger partial charge is 0.481 e. The predicted octanol–water partition coefficient (Wildman–Crippen LogP) is 2.73. The van der Waals surface area contributed by atoms with Crippen molar-refractivity contribution in [2.75, 3.05) is 0 Å². The zero-order valence-electron chi connectivity index (χ0n) is 13.6. The van der Waals surface area contributed by atoms with Gasteiger partial charge in [0.05, 0.1) is 11.4 Å². The van der Waals surface area contributed by atoms with Crippen molar-refractivity contribution in [3.8, 4) is 5.69 Å². The number of benzene rings is 1. The number of nitrogens with zero attached hydrogens (tertiary/aromatic N) is 2. The summed E-state index contributed by atoms with van der Waals surface area (Å²) in [4.78, 5) is 23.3. The molecule has 24 heavy (non-hydrogen) atoms. The molecule has 6 nitrogen and oxygen atoms in total. The van der Waals surface area contributed by atoms with Gasteiger partial charge in [0.25, 0.3) is 5.91 Å². The number of para-hydroxylation sites is 1. The van der Waals surface area contributed by atoms with Crippen LogP contribution in [0.15, 0.2) is 36.4 Å². The van der Waals surface area contributed by atoms with Gasteiger partial charge >= 0.3 is 5.97 Å². The number of rotatable bonds is 7. The smallest absolute Gasteiger partial charge is 0.303 e. The Labute approximate surface area is 140 Å². The van der Waals surface area contributed by atoms with Crippen LogP contribution in [-0.4, -0.2) is 32.8 Å². The van der Waals surface area contributed by atoms with E-state index in [1.807, 2.05) is 43.3 Å². The third-order valence-corrected chi connectivity index (χ3v) is 4.13. The number of nitrogens with one attached hydrogen (secondary N) is 1. The Hall–Kier alpha value is -2.63. The fourth-order valence-corrected chi connectivity index (χ4v) is 2.62. The van der Waals surface area contributed by atoms with Gasteiger partial charge in [0.2, 0.25) is 0 Å². The normalized spacial score (nSPS) is 15.0. The van der Waals surface area contributed by atoms with Crippen molar-refractivity contribution in [2.24, 2.45) is 0 Å². The van der Waals surface area contributed by atoms with Crippen molar-refractivity contribution in [3.63, 3.8) is 0 Å². The third kappa shape index (κ3) is 3.82. The van der Waals surface area contributed by atoms with Crippen molar-refractivity contribution in [3.05, 3.63) is 47.8 Å². The van der Waals surface area contributed by atoms with Gasteiger partial charge in [-0.05, 0) is 44.4 Å².